The molecule has 2 aromatic rings. The number of carboxylic acids is 1. The van der Waals surface area contributed by atoms with Crippen molar-refractivity contribution < 1.29 is 24.2 Å². The molecule has 0 aromatic heterocycles. The number of phenolic OH excluding ortho intramolecular Hbond substituents is 1. The Balaban J connectivity index is 2.26. The zero-order valence-electron chi connectivity index (χ0n) is 13.4. The first-order valence-electron chi connectivity index (χ1n) is 7.37. The summed E-state index contributed by atoms with van der Waals surface area (Å²) in [4.78, 5) is 25.0. The number of phenols is 1. The lowest BCUT2D eigenvalue weighted by Crippen LogP contribution is -2.44. The van der Waals surface area contributed by atoms with Gasteiger partial charge in [-0.15, -0.1) is 6.42 Å². The molecule has 0 heterocycles. The van der Waals surface area contributed by atoms with Crippen molar-refractivity contribution in [1.29, 1.82) is 0 Å². The lowest BCUT2D eigenvalue weighted by Gasteiger charge is -2.25. The maximum absolute atomic E-state index is 14.1. The Morgan fingerprint density at radius 2 is 1.88 bits per heavy atom. The van der Waals surface area contributed by atoms with Crippen LogP contribution in [0.25, 0.3) is 0 Å². The van der Waals surface area contributed by atoms with Crippen LogP contribution >= 0.6 is 0 Å². The molecule has 0 unspecified atom stereocenters. The Hall–Kier alpha value is -3.33. The number of aliphatic carboxylic acids is 1. The highest BCUT2D eigenvalue weighted by atomic mass is 19.1. The molecule has 0 aliphatic carbocycles. The first-order chi connectivity index (χ1) is 11.8. The van der Waals surface area contributed by atoms with Crippen LogP contribution in [0.2, 0.25) is 0 Å². The van der Waals surface area contributed by atoms with Gasteiger partial charge in [-0.25, -0.2) is 9.18 Å². The molecule has 0 bridgehead atoms. The van der Waals surface area contributed by atoms with Crippen LogP contribution in [0, 0.1) is 18.2 Å². The van der Waals surface area contributed by atoms with Crippen molar-refractivity contribution in [2.24, 2.45) is 0 Å². The highest BCUT2D eigenvalue weighted by Gasteiger charge is 2.29. The molecular formula is C19H16FNO4. The Morgan fingerprint density at radius 1 is 1.24 bits per heavy atom. The van der Waals surface area contributed by atoms with Gasteiger partial charge in [0, 0.05) is 19.0 Å². The van der Waals surface area contributed by atoms with Crippen LogP contribution in [-0.4, -0.2) is 40.1 Å². The van der Waals surface area contributed by atoms with Crippen LogP contribution in [0.5, 0.6) is 5.75 Å². The van der Waals surface area contributed by atoms with Gasteiger partial charge in [0.2, 0.25) is 0 Å². The van der Waals surface area contributed by atoms with Crippen LogP contribution in [0.4, 0.5) is 4.39 Å². The van der Waals surface area contributed by atoms with Gasteiger partial charge in [0.15, 0.2) is 0 Å². The number of carbonyl (C=O) groups is 2. The smallest absolute Gasteiger partial charge is 0.326 e. The highest BCUT2D eigenvalue weighted by molar-refractivity contribution is 5.96. The molecule has 2 N–H and O–H groups in total. The highest BCUT2D eigenvalue weighted by Crippen LogP contribution is 2.17. The van der Waals surface area contributed by atoms with Crippen LogP contribution in [0.3, 0.4) is 0 Å². The second-order valence-electron chi connectivity index (χ2n) is 5.48. The van der Waals surface area contributed by atoms with Gasteiger partial charge in [-0.05, 0) is 35.9 Å². The minimum Gasteiger partial charge on any atom is -0.508 e. The number of carboxylic acid groups (broad SMARTS) is 1. The second kappa shape index (κ2) is 7.49. The number of hydrogen-bond acceptors (Lipinski definition) is 3. The van der Waals surface area contributed by atoms with Gasteiger partial charge >= 0.3 is 5.97 Å². The SMILES string of the molecule is C#Cc1ccc(C(=O)N(C)[C@@H](Cc2ccc(O)cc2)C(=O)O)c(F)c1. The van der Waals surface area contributed by atoms with Gasteiger partial charge < -0.3 is 15.1 Å². The zero-order valence-corrected chi connectivity index (χ0v) is 13.4. The van der Waals surface area contributed by atoms with Gasteiger partial charge in [-0.3, -0.25) is 4.79 Å². The summed E-state index contributed by atoms with van der Waals surface area (Å²) in [5.41, 5.74) is 0.655. The molecule has 1 atom stereocenters. The van der Waals surface area contributed by atoms with E-state index in [0.29, 0.717) is 5.56 Å². The normalized spacial score (nSPS) is 11.4. The van der Waals surface area contributed by atoms with E-state index in [1.54, 1.807) is 12.1 Å². The fraction of sp³-hybridized carbons (Fsp3) is 0.158. The van der Waals surface area contributed by atoms with Gasteiger partial charge in [0.1, 0.15) is 17.6 Å². The molecule has 0 fully saturated rings. The van der Waals surface area contributed by atoms with E-state index in [1.165, 1.54) is 31.3 Å². The predicted octanol–water partition coefficient (Wildman–Crippen LogP) is 2.28. The van der Waals surface area contributed by atoms with Crippen molar-refractivity contribution in [2.75, 3.05) is 7.05 Å². The number of halogens is 1. The van der Waals surface area contributed by atoms with E-state index >= 15 is 0 Å². The van der Waals surface area contributed by atoms with Crippen molar-refractivity contribution in [3.05, 3.63) is 65.0 Å². The summed E-state index contributed by atoms with van der Waals surface area (Å²) in [6, 6.07) is 8.49. The molecular weight excluding hydrogens is 325 g/mol. The van der Waals surface area contributed by atoms with E-state index in [9.17, 15) is 24.2 Å². The molecule has 2 aromatic carbocycles. The van der Waals surface area contributed by atoms with Gasteiger partial charge in [-0.1, -0.05) is 18.1 Å². The molecule has 1 amide bonds. The fourth-order valence-electron chi connectivity index (χ4n) is 2.36. The average molecular weight is 341 g/mol. The maximum atomic E-state index is 14.1. The molecule has 2 rings (SSSR count). The Bertz CT molecular complexity index is 839. The number of rotatable bonds is 5. The van der Waals surface area contributed by atoms with Gasteiger partial charge in [-0.2, -0.15) is 0 Å². The fourth-order valence-corrected chi connectivity index (χ4v) is 2.36. The van der Waals surface area contributed by atoms with Crippen LogP contribution in [0.1, 0.15) is 21.5 Å². The lowest BCUT2D eigenvalue weighted by atomic mass is 10.0. The minimum absolute atomic E-state index is 0.0158. The number of hydrogen-bond donors (Lipinski definition) is 2. The average Bonchev–Trinajstić information content (AvgIpc) is 2.59. The number of amides is 1. The number of nitrogens with zero attached hydrogens (tertiary/aromatic N) is 1. The molecule has 6 heteroatoms. The standard InChI is InChI=1S/C19H16FNO4/c1-3-12-6-9-15(16(20)10-12)18(23)21(2)17(19(24)25)11-13-4-7-14(22)8-5-13/h1,4-10,17,22H,11H2,2H3,(H,24,25)/t17-/m0/s1. The van der Waals surface area contributed by atoms with Crippen LogP contribution in [-0.2, 0) is 11.2 Å². The molecule has 0 spiro atoms. The first kappa shape index (κ1) is 18.0. The molecule has 25 heavy (non-hydrogen) atoms. The summed E-state index contributed by atoms with van der Waals surface area (Å²) in [5, 5.41) is 18.7. The van der Waals surface area contributed by atoms with E-state index in [-0.39, 0.29) is 23.3 Å². The van der Waals surface area contributed by atoms with Crippen molar-refractivity contribution in [2.45, 2.75) is 12.5 Å². The zero-order chi connectivity index (χ0) is 18.6. The van der Waals surface area contributed by atoms with E-state index in [2.05, 4.69) is 5.92 Å². The molecule has 5 nitrogen and oxygen atoms in total. The first-order valence-corrected chi connectivity index (χ1v) is 7.37. The predicted molar refractivity (Wildman–Crippen MR) is 89.7 cm³/mol. The van der Waals surface area contributed by atoms with E-state index in [1.807, 2.05) is 0 Å². The van der Waals surface area contributed by atoms with Crippen LogP contribution < -0.4 is 0 Å². The van der Waals surface area contributed by atoms with E-state index in [4.69, 9.17) is 6.42 Å². The van der Waals surface area contributed by atoms with E-state index < -0.39 is 23.7 Å². The number of aromatic hydroxyl groups is 1. The van der Waals surface area contributed by atoms with Crippen molar-refractivity contribution in [3.8, 4) is 18.1 Å². The second-order valence-corrected chi connectivity index (χ2v) is 5.48. The van der Waals surface area contributed by atoms with E-state index in [0.717, 1.165) is 11.0 Å². The molecule has 0 aliphatic heterocycles. The molecule has 0 aliphatic rings. The van der Waals surface area contributed by atoms with Crippen molar-refractivity contribution >= 4 is 11.9 Å². The molecule has 0 radical (unpaired) electrons. The van der Waals surface area contributed by atoms with Gasteiger partial charge in [0.05, 0.1) is 5.56 Å². The van der Waals surface area contributed by atoms with Crippen molar-refractivity contribution in [1.82, 2.24) is 4.90 Å². The Labute approximate surface area is 144 Å². The summed E-state index contributed by atoms with van der Waals surface area (Å²) >= 11 is 0. The third-order valence-corrected chi connectivity index (χ3v) is 3.80. The third-order valence-electron chi connectivity index (χ3n) is 3.80. The number of likely N-dealkylation sites (N-methyl/N-ethyl adjacent to an activating group) is 1. The molecule has 0 saturated carbocycles. The van der Waals surface area contributed by atoms with Gasteiger partial charge in [0.25, 0.3) is 5.91 Å². The monoisotopic (exact) mass is 341 g/mol. The lowest BCUT2D eigenvalue weighted by molar-refractivity contribution is -0.141. The summed E-state index contributed by atoms with van der Waals surface area (Å²) in [6.45, 7) is 0. The Kier molecular flexibility index (Phi) is 5.40. The molecule has 128 valence electrons. The van der Waals surface area contributed by atoms with Crippen LogP contribution in [0.15, 0.2) is 42.5 Å². The third kappa shape index (κ3) is 4.15. The summed E-state index contributed by atoms with van der Waals surface area (Å²) in [7, 11) is 1.30. The van der Waals surface area contributed by atoms with Crippen molar-refractivity contribution in [3.63, 3.8) is 0 Å². The minimum atomic E-state index is -1.22. The number of terminal acetylenes is 1. The quantitative estimate of drug-likeness (QED) is 0.818. The largest absolute Gasteiger partial charge is 0.508 e. The summed E-state index contributed by atoms with van der Waals surface area (Å²) in [6.07, 6.45) is 5.20. The number of benzene rings is 2. The Morgan fingerprint density at radius 3 is 2.40 bits per heavy atom. The maximum Gasteiger partial charge on any atom is 0.326 e. The topological polar surface area (TPSA) is 77.8 Å². The number of carbonyl (C=O) groups excluding carboxylic acids is 1. The summed E-state index contributed by atoms with van der Waals surface area (Å²) in [5.74, 6) is -0.466. The summed E-state index contributed by atoms with van der Waals surface area (Å²) < 4.78 is 14.1. The molecule has 0 saturated heterocycles.